The average molecular weight is 519 g/mol. The molecule has 0 saturated carbocycles. The second-order valence-electron chi connectivity index (χ2n) is 11.0. The first-order valence-corrected chi connectivity index (χ1v) is 13.0. The fraction of sp³-hybridized carbons (Fsp3) is 0.621. The summed E-state index contributed by atoms with van der Waals surface area (Å²) in [5.41, 5.74) is 12.0. The number of aliphatic hydroxyl groups is 1. The zero-order valence-corrected chi connectivity index (χ0v) is 23.4. The van der Waals surface area contributed by atoms with E-state index in [0.717, 1.165) is 11.1 Å². The van der Waals surface area contributed by atoms with Crippen molar-refractivity contribution in [2.75, 3.05) is 6.54 Å². The van der Waals surface area contributed by atoms with Crippen LogP contribution in [0.1, 0.15) is 78.4 Å². The molecule has 5 atom stereocenters. The molecule has 1 unspecified atom stereocenters. The minimum absolute atomic E-state index is 0.0184. The van der Waals surface area contributed by atoms with Gasteiger partial charge in [-0.05, 0) is 61.1 Å². The fourth-order valence-electron chi connectivity index (χ4n) is 3.93. The monoisotopic (exact) mass is 518 g/mol. The number of hydrogen-bond acceptors (Lipinski definition) is 7. The van der Waals surface area contributed by atoms with E-state index in [0.29, 0.717) is 6.42 Å². The molecule has 0 aliphatic rings. The van der Waals surface area contributed by atoms with Crippen molar-refractivity contribution in [2.24, 2.45) is 34.6 Å². The molecule has 8 nitrogen and oxygen atoms in total. The van der Waals surface area contributed by atoms with Gasteiger partial charge in [0.25, 0.3) is 0 Å². The Hall–Kier alpha value is -2.71. The molecule has 0 fully saturated rings. The van der Waals surface area contributed by atoms with E-state index in [1.165, 1.54) is 6.08 Å². The van der Waals surface area contributed by atoms with Crippen LogP contribution < -0.4 is 11.5 Å². The van der Waals surface area contributed by atoms with Crippen molar-refractivity contribution >= 4 is 17.8 Å². The third-order valence-corrected chi connectivity index (χ3v) is 7.07. The van der Waals surface area contributed by atoms with Gasteiger partial charge in [0.05, 0.1) is 12.0 Å². The maximum atomic E-state index is 13.3. The Morgan fingerprint density at radius 2 is 1.59 bits per heavy atom. The first kappa shape index (κ1) is 32.3. The van der Waals surface area contributed by atoms with Gasteiger partial charge in [0.1, 0.15) is 6.10 Å². The Labute approximate surface area is 221 Å². The Bertz CT molecular complexity index is 909. The van der Waals surface area contributed by atoms with Gasteiger partial charge >= 0.3 is 11.9 Å². The molecule has 0 heterocycles. The number of amides is 1. The lowest BCUT2D eigenvalue weighted by Gasteiger charge is -2.33. The lowest BCUT2D eigenvalue weighted by Crippen LogP contribution is -2.41. The van der Waals surface area contributed by atoms with Crippen molar-refractivity contribution < 1.29 is 29.0 Å². The smallest absolute Gasteiger partial charge is 0.347 e. The highest BCUT2D eigenvalue weighted by Crippen LogP contribution is 2.34. The quantitative estimate of drug-likeness (QED) is 0.236. The van der Waals surface area contributed by atoms with E-state index in [-0.39, 0.29) is 43.2 Å². The highest BCUT2D eigenvalue weighted by atomic mass is 16.6. The summed E-state index contributed by atoms with van der Waals surface area (Å²) in [7, 11) is 0. The maximum Gasteiger partial charge on any atom is 0.347 e. The van der Waals surface area contributed by atoms with Crippen LogP contribution in [0.15, 0.2) is 36.4 Å². The van der Waals surface area contributed by atoms with Gasteiger partial charge in [0.2, 0.25) is 5.91 Å². The van der Waals surface area contributed by atoms with Gasteiger partial charge in [-0.15, -0.1) is 0 Å². The van der Waals surface area contributed by atoms with Crippen LogP contribution in [0.5, 0.6) is 0 Å². The van der Waals surface area contributed by atoms with Crippen LogP contribution >= 0.6 is 0 Å². The molecular weight excluding hydrogens is 472 g/mol. The first-order valence-electron chi connectivity index (χ1n) is 13.0. The van der Waals surface area contributed by atoms with Crippen molar-refractivity contribution in [3.05, 3.63) is 47.5 Å². The molecular formula is C29H46N2O6. The molecule has 0 aliphatic carbocycles. The molecule has 0 saturated heterocycles. The standard InChI is InChI=1S/C29H46N2O6/c1-18(2)15-25(37-28(35)29(6,7)17-30)27(34)36-24(9-8-10-26(31)33)21(5)19(3)20(4)23-13-11-22(16-32)12-14-23/h8,10-14,18-21,24-25,32H,9,15-17,30H2,1-7H3,(H2,31,33)/b10-8+/t19-,20-,21?,24-,25-/m0/s1. The van der Waals surface area contributed by atoms with Gasteiger partial charge in [-0.25, -0.2) is 4.79 Å². The summed E-state index contributed by atoms with van der Waals surface area (Å²) in [4.78, 5) is 37.2. The van der Waals surface area contributed by atoms with Crippen molar-refractivity contribution in [3.63, 3.8) is 0 Å². The Morgan fingerprint density at radius 1 is 1.00 bits per heavy atom. The second kappa shape index (κ2) is 14.9. The zero-order valence-electron chi connectivity index (χ0n) is 23.4. The third-order valence-electron chi connectivity index (χ3n) is 7.07. The molecule has 208 valence electrons. The fourth-order valence-corrected chi connectivity index (χ4v) is 3.93. The van der Waals surface area contributed by atoms with E-state index >= 15 is 0 Å². The summed E-state index contributed by atoms with van der Waals surface area (Å²) in [6.07, 6.45) is 1.81. The summed E-state index contributed by atoms with van der Waals surface area (Å²) in [6.45, 7) is 13.5. The van der Waals surface area contributed by atoms with E-state index in [4.69, 9.17) is 20.9 Å². The minimum atomic E-state index is -1.06. The van der Waals surface area contributed by atoms with Crippen LogP contribution in [-0.2, 0) is 30.5 Å². The third kappa shape index (κ3) is 10.3. The largest absolute Gasteiger partial charge is 0.459 e. The second-order valence-corrected chi connectivity index (χ2v) is 11.0. The molecule has 1 aromatic carbocycles. The Balaban J connectivity index is 3.16. The van der Waals surface area contributed by atoms with Crippen LogP contribution in [0, 0.1) is 23.2 Å². The molecule has 1 rings (SSSR count). The summed E-state index contributed by atoms with van der Waals surface area (Å²) in [5.74, 6) is -1.57. The van der Waals surface area contributed by atoms with Crippen LogP contribution in [0.3, 0.4) is 0 Å². The molecule has 0 radical (unpaired) electrons. The van der Waals surface area contributed by atoms with E-state index in [1.807, 2.05) is 45.0 Å². The first-order chi connectivity index (χ1) is 17.2. The molecule has 1 aromatic rings. The Kier molecular flexibility index (Phi) is 13.0. The number of esters is 2. The topological polar surface area (TPSA) is 142 Å². The molecule has 5 N–H and O–H groups in total. The number of carbonyl (C=O) groups is 3. The molecule has 0 spiro atoms. The molecule has 37 heavy (non-hydrogen) atoms. The number of rotatable bonds is 15. The van der Waals surface area contributed by atoms with Gasteiger partial charge in [0, 0.05) is 13.0 Å². The van der Waals surface area contributed by atoms with Crippen LogP contribution in [0.25, 0.3) is 0 Å². The predicted octanol–water partition coefficient (Wildman–Crippen LogP) is 3.84. The lowest BCUT2D eigenvalue weighted by molar-refractivity contribution is -0.179. The van der Waals surface area contributed by atoms with Crippen molar-refractivity contribution in [2.45, 2.75) is 86.0 Å². The lowest BCUT2D eigenvalue weighted by atomic mass is 9.77. The van der Waals surface area contributed by atoms with Crippen LogP contribution in [0.2, 0.25) is 0 Å². The maximum absolute atomic E-state index is 13.3. The van der Waals surface area contributed by atoms with Gasteiger partial charge in [0.15, 0.2) is 6.10 Å². The number of nitrogens with two attached hydrogens (primary N) is 2. The van der Waals surface area contributed by atoms with Gasteiger partial charge in [-0.3, -0.25) is 9.59 Å². The van der Waals surface area contributed by atoms with E-state index in [1.54, 1.807) is 19.9 Å². The number of primary amides is 1. The van der Waals surface area contributed by atoms with E-state index < -0.39 is 35.5 Å². The van der Waals surface area contributed by atoms with Crippen molar-refractivity contribution in [1.82, 2.24) is 0 Å². The number of hydrogen-bond donors (Lipinski definition) is 3. The average Bonchev–Trinajstić information content (AvgIpc) is 2.85. The Morgan fingerprint density at radius 3 is 2.08 bits per heavy atom. The van der Waals surface area contributed by atoms with Gasteiger partial charge in [-0.2, -0.15) is 0 Å². The van der Waals surface area contributed by atoms with Gasteiger partial charge in [-0.1, -0.05) is 65.0 Å². The van der Waals surface area contributed by atoms with Crippen molar-refractivity contribution in [1.29, 1.82) is 0 Å². The summed E-state index contributed by atoms with van der Waals surface area (Å²) in [5, 5.41) is 9.33. The zero-order chi connectivity index (χ0) is 28.3. The highest BCUT2D eigenvalue weighted by molar-refractivity contribution is 5.85. The number of benzene rings is 1. The molecule has 0 bridgehead atoms. The van der Waals surface area contributed by atoms with Crippen LogP contribution in [-0.4, -0.2) is 41.7 Å². The summed E-state index contributed by atoms with van der Waals surface area (Å²) < 4.78 is 11.6. The van der Waals surface area contributed by atoms with Crippen molar-refractivity contribution in [3.8, 4) is 0 Å². The number of aliphatic hydroxyl groups excluding tert-OH is 1. The van der Waals surface area contributed by atoms with E-state index in [2.05, 4.69) is 13.8 Å². The normalized spacial score (nSPS) is 16.2. The summed E-state index contributed by atoms with van der Waals surface area (Å²) >= 11 is 0. The summed E-state index contributed by atoms with van der Waals surface area (Å²) in [6, 6.07) is 7.77. The molecule has 8 heteroatoms. The predicted molar refractivity (Wildman–Crippen MR) is 144 cm³/mol. The van der Waals surface area contributed by atoms with E-state index in [9.17, 15) is 19.5 Å². The minimum Gasteiger partial charge on any atom is -0.459 e. The SMILES string of the molecule is CC(C)C[C@H](OC(=O)C(C)(C)CN)C(=O)O[C@@H](C/C=C/C(N)=O)C(C)[C@@H](C)[C@H](C)c1ccc(CO)cc1. The number of ether oxygens (including phenoxy) is 2. The van der Waals surface area contributed by atoms with Gasteiger partial charge < -0.3 is 26.0 Å². The molecule has 0 aliphatic heterocycles. The van der Waals surface area contributed by atoms with Crippen LogP contribution in [0.4, 0.5) is 0 Å². The number of carbonyl (C=O) groups excluding carboxylic acids is 3. The highest BCUT2D eigenvalue weighted by Gasteiger charge is 2.36. The molecule has 0 aromatic heterocycles. The molecule has 1 amide bonds.